The van der Waals surface area contributed by atoms with Crippen LogP contribution >= 0.6 is 22.7 Å². The lowest BCUT2D eigenvalue weighted by Gasteiger charge is -2.20. The quantitative estimate of drug-likeness (QED) is 0.444. The zero-order chi connectivity index (χ0) is 22.5. The molecule has 7 nitrogen and oxygen atoms in total. The molecule has 0 N–H and O–H groups in total. The summed E-state index contributed by atoms with van der Waals surface area (Å²) in [4.78, 5) is 27.6. The molecule has 0 saturated heterocycles. The highest BCUT2D eigenvalue weighted by Gasteiger charge is 2.34. The molecule has 0 bridgehead atoms. The van der Waals surface area contributed by atoms with Crippen molar-refractivity contribution in [1.29, 1.82) is 0 Å². The molecule has 1 aliphatic heterocycles. The van der Waals surface area contributed by atoms with E-state index in [4.69, 9.17) is 14.2 Å². The maximum atomic E-state index is 13.0. The Morgan fingerprint density at radius 1 is 1.12 bits per heavy atom. The van der Waals surface area contributed by atoms with E-state index in [0.717, 1.165) is 15.5 Å². The minimum atomic E-state index is -0.615. The second kappa shape index (κ2) is 9.97. The number of hydrazone groups is 1. The zero-order valence-corrected chi connectivity index (χ0v) is 19.3. The van der Waals surface area contributed by atoms with Crippen molar-refractivity contribution in [2.75, 3.05) is 20.3 Å². The summed E-state index contributed by atoms with van der Waals surface area (Å²) in [6, 6.07) is 12.4. The number of hydrogen-bond donors (Lipinski definition) is 0. The van der Waals surface area contributed by atoms with Crippen molar-refractivity contribution >= 4 is 40.3 Å². The van der Waals surface area contributed by atoms with Crippen LogP contribution in [0.1, 0.15) is 39.5 Å². The molecule has 32 heavy (non-hydrogen) atoms. The average Bonchev–Trinajstić information content (AvgIpc) is 3.57. The van der Waals surface area contributed by atoms with Crippen LogP contribution in [0.2, 0.25) is 0 Å². The third kappa shape index (κ3) is 4.68. The predicted octanol–water partition coefficient (Wildman–Crippen LogP) is 4.75. The monoisotopic (exact) mass is 470 g/mol. The van der Waals surface area contributed by atoms with Crippen LogP contribution < -0.4 is 9.47 Å². The molecule has 3 heterocycles. The number of rotatable bonds is 8. The highest BCUT2D eigenvalue weighted by Crippen LogP contribution is 2.36. The Bertz CT molecular complexity index is 1110. The number of esters is 1. The van der Waals surface area contributed by atoms with Gasteiger partial charge < -0.3 is 14.2 Å². The number of nitrogens with zero attached hydrogens (tertiary/aromatic N) is 2. The first kappa shape index (κ1) is 22.0. The molecule has 1 unspecified atom stereocenters. The van der Waals surface area contributed by atoms with Gasteiger partial charge in [-0.15, -0.1) is 22.7 Å². The minimum absolute atomic E-state index is 0.205. The average molecular weight is 471 g/mol. The summed E-state index contributed by atoms with van der Waals surface area (Å²) >= 11 is 3.16. The van der Waals surface area contributed by atoms with Crippen LogP contribution in [0, 0.1) is 0 Å². The second-order valence-corrected chi connectivity index (χ2v) is 8.80. The van der Waals surface area contributed by atoms with Crippen molar-refractivity contribution in [3.05, 3.63) is 68.5 Å². The molecule has 2 aromatic heterocycles. The molecule has 0 aliphatic carbocycles. The fourth-order valence-electron chi connectivity index (χ4n) is 3.38. The van der Waals surface area contributed by atoms with E-state index >= 15 is 0 Å². The molecule has 0 radical (unpaired) electrons. The smallest absolute Gasteiger partial charge is 0.338 e. The molecule has 1 aromatic carbocycles. The van der Waals surface area contributed by atoms with Gasteiger partial charge in [-0.05, 0) is 48.0 Å². The topological polar surface area (TPSA) is 77.4 Å². The van der Waals surface area contributed by atoms with Gasteiger partial charge in [-0.3, -0.25) is 4.79 Å². The first-order valence-electron chi connectivity index (χ1n) is 10.1. The maximum absolute atomic E-state index is 13.0. The number of carbonyl (C=O) groups excluding carboxylic acids is 2. The summed E-state index contributed by atoms with van der Waals surface area (Å²) in [5.41, 5.74) is 1.13. The standard InChI is InChI=1S/C23H22N2O5S2/c1-3-29-19-12-15(8-9-18(19)28-2)23(27)30-14-22(26)25-17(21-7-5-11-32-21)13-16(24-25)20-6-4-10-31-20/h4-12,17H,3,13-14H2,1-2H3. The highest BCUT2D eigenvalue weighted by atomic mass is 32.1. The summed E-state index contributed by atoms with van der Waals surface area (Å²) in [6.07, 6.45) is 0.622. The number of ether oxygens (including phenoxy) is 3. The number of benzene rings is 1. The Morgan fingerprint density at radius 3 is 2.62 bits per heavy atom. The summed E-state index contributed by atoms with van der Waals surface area (Å²) in [7, 11) is 1.53. The van der Waals surface area contributed by atoms with E-state index in [1.165, 1.54) is 12.1 Å². The van der Waals surface area contributed by atoms with E-state index in [1.807, 2.05) is 41.9 Å². The van der Waals surface area contributed by atoms with Crippen LogP contribution in [-0.4, -0.2) is 42.9 Å². The van der Waals surface area contributed by atoms with Gasteiger partial charge in [0.2, 0.25) is 0 Å². The Kier molecular flexibility index (Phi) is 6.87. The maximum Gasteiger partial charge on any atom is 0.338 e. The molecule has 4 rings (SSSR count). The van der Waals surface area contributed by atoms with Crippen LogP contribution in [-0.2, 0) is 9.53 Å². The van der Waals surface area contributed by atoms with Crippen LogP contribution in [0.4, 0.5) is 0 Å². The molecule has 0 spiro atoms. The third-order valence-electron chi connectivity index (χ3n) is 4.87. The van der Waals surface area contributed by atoms with Gasteiger partial charge in [-0.2, -0.15) is 5.10 Å². The highest BCUT2D eigenvalue weighted by molar-refractivity contribution is 7.12. The van der Waals surface area contributed by atoms with E-state index in [-0.39, 0.29) is 17.5 Å². The SMILES string of the molecule is CCOc1cc(C(=O)OCC(=O)N2N=C(c3cccs3)CC2c2cccs2)ccc1OC. The lowest BCUT2D eigenvalue weighted by molar-refractivity contribution is -0.136. The van der Waals surface area contributed by atoms with Gasteiger partial charge in [0.1, 0.15) is 0 Å². The summed E-state index contributed by atoms with van der Waals surface area (Å²) in [6.45, 7) is 1.86. The molecular formula is C23H22N2O5S2. The van der Waals surface area contributed by atoms with Crippen LogP contribution in [0.25, 0.3) is 0 Å². The Morgan fingerprint density at radius 2 is 1.94 bits per heavy atom. The number of hydrogen-bond acceptors (Lipinski definition) is 8. The zero-order valence-electron chi connectivity index (χ0n) is 17.6. The van der Waals surface area contributed by atoms with Crippen LogP contribution in [0.15, 0.2) is 58.3 Å². The first-order chi connectivity index (χ1) is 15.6. The minimum Gasteiger partial charge on any atom is -0.493 e. The fraction of sp³-hybridized carbons (Fsp3) is 0.261. The summed E-state index contributed by atoms with van der Waals surface area (Å²) in [5, 5.41) is 9.96. The van der Waals surface area contributed by atoms with E-state index in [9.17, 15) is 9.59 Å². The van der Waals surface area contributed by atoms with Gasteiger partial charge in [-0.1, -0.05) is 12.1 Å². The molecule has 0 fully saturated rings. The lowest BCUT2D eigenvalue weighted by atomic mass is 10.1. The Hall–Kier alpha value is -3.17. The molecule has 0 saturated carbocycles. The van der Waals surface area contributed by atoms with Gasteiger partial charge in [-0.25, -0.2) is 9.80 Å². The lowest BCUT2D eigenvalue weighted by Crippen LogP contribution is -2.31. The van der Waals surface area contributed by atoms with Crippen LogP contribution in [0.3, 0.4) is 0 Å². The molecule has 166 valence electrons. The van der Waals surface area contributed by atoms with Crippen molar-refractivity contribution in [3.8, 4) is 11.5 Å². The largest absolute Gasteiger partial charge is 0.493 e. The van der Waals surface area contributed by atoms with Gasteiger partial charge >= 0.3 is 5.97 Å². The normalized spacial score (nSPS) is 15.4. The van der Waals surface area contributed by atoms with E-state index in [2.05, 4.69) is 5.10 Å². The number of carbonyl (C=O) groups is 2. The first-order valence-corrected chi connectivity index (χ1v) is 11.8. The molecule has 1 amide bonds. The van der Waals surface area contributed by atoms with Gasteiger partial charge in [0.25, 0.3) is 5.91 Å². The fourth-order valence-corrected chi connectivity index (χ4v) is 4.92. The Labute approximate surface area is 193 Å². The van der Waals surface area contributed by atoms with E-state index in [0.29, 0.717) is 24.5 Å². The van der Waals surface area contributed by atoms with E-state index in [1.54, 1.807) is 40.9 Å². The number of thiophene rings is 2. The summed E-state index contributed by atoms with van der Waals surface area (Å²) in [5.74, 6) is -0.0258. The molecule has 1 atom stereocenters. The van der Waals surface area contributed by atoms with Crippen molar-refractivity contribution in [3.63, 3.8) is 0 Å². The number of methoxy groups -OCH3 is 1. The van der Waals surface area contributed by atoms with Crippen molar-refractivity contribution in [2.45, 2.75) is 19.4 Å². The van der Waals surface area contributed by atoms with Gasteiger partial charge in [0, 0.05) is 11.3 Å². The van der Waals surface area contributed by atoms with Crippen molar-refractivity contribution < 1.29 is 23.8 Å². The molecular weight excluding hydrogens is 448 g/mol. The summed E-state index contributed by atoms with van der Waals surface area (Å²) < 4.78 is 16.1. The molecule has 9 heteroatoms. The van der Waals surface area contributed by atoms with Crippen molar-refractivity contribution in [2.24, 2.45) is 5.10 Å². The molecule has 3 aromatic rings. The van der Waals surface area contributed by atoms with Gasteiger partial charge in [0.05, 0.1) is 35.9 Å². The third-order valence-corrected chi connectivity index (χ3v) is 6.76. The van der Waals surface area contributed by atoms with Crippen molar-refractivity contribution in [1.82, 2.24) is 5.01 Å². The second-order valence-electron chi connectivity index (χ2n) is 6.87. The van der Waals surface area contributed by atoms with Gasteiger partial charge in [0.15, 0.2) is 18.1 Å². The van der Waals surface area contributed by atoms with E-state index < -0.39 is 12.6 Å². The molecule has 1 aliphatic rings. The van der Waals surface area contributed by atoms with Crippen LogP contribution in [0.5, 0.6) is 11.5 Å². The Balaban J connectivity index is 1.47. The number of amides is 1. The predicted molar refractivity (Wildman–Crippen MR) is 124 cm³/mol.